The Morgan fingerprint density at radius 3 is 1.79 bits per heavy atom. The van der Waals surface area contributed by atoms with E-state index >= 15 is 0 Å². The maximum Gasteiger partial charge on any atom is 0.326 e. The highest BCUT2D eigenvalue weighted by Gasteiger charge is 2.35. The Morgan fingerprint density at radius 1 is 1.07 bits per heavy atom. The minimum absolute atomic E-state index is 0.580. The summed E-state index contributed by atoms with van der Waals surface area (Å²) in [5.74, 6) is 0. The van der Waals surface area contributed by atoms with Crippen molar-refractivity contribution in [2.45, 2.75) is 59.7 Å². The van der Waals surface area contributed by atoms with Gasteiger partial charge in [-0.3, -0.25) is 0 Å². The second-order valence-electron chi connectivity index (χ2n) is 4.99. The molecule has 81 valence electrons. The molecule has 14 heavy (non-hydrogen) atoms. The van der Waals surface area contributed by atoms with Crippen molar-refractivity contribution in [1.82, 2.24) is 0 Å². The van der Waals surface area contributed by atoms with Crippen LogP contribution < -0.4 is 0 Å². The van der Waals surface area contributed by atoms with Crippen LogP contribution in [-0.4, -0.2) is 23.8 Å². The first-order chi connectivity index (χ1) is 6.08. The third kappa shape index (κ3) is 3.85. The van der Waals surface area contributed by atoms with Crippen molar-refractivity contribution in [3.63, 3.8) is 0 Å². The molecule has 0 aliphatic rings. The summed E-state index contributed by atoms with van der Waals surface area (Å²) in [5, 5.41) is 9.84. The summed E-state index contributed by atoms with van der Waals surface area (Å²) in [6.45, 7) is 13.3. The average molecular weight is 197 g/mol. The van der Waals surface area contributed by atoms with Gasteiger partial charge in [0, 0.05) is 0 Å². The van der Waals surface area contributed by atoms with Gasteiger partial charge in [0.15, 0.2) is 0 Å². The van der Waals surface area contributed by atoms with Gasteiger partial charge < -0.3 is 9.76 Å². The highest BCUT2D eigenvalue weighted by Crippen LogP contribution is 2.25. The summed E-state index contributed by atoms with van der Waals surface area (Å²) in [4.78, 5) is 0. The predicted octanol–water partition coefficient (Wildman–Crippen LogP) is 2.49. The molecular formula is C11H22BO2. The number of hydrogen-bond acceptors (Lipinski definition) is 2. The van der Waals surface area contributed by atoms with E-state index in [0.717, 1.165) is 5.47 Å². The molecule has 0 fully saturated rings. The largest absolute Gasteiger partial charge is 0.427 e. The van der Waals surface area contributed by atoms with Crippen LogP contribution >= 0.6 is 0 Å². The first-order valence-electron chi connectivity index (χ1n) is 4.95. The van der Waals surface area contributed by atoms with Crippen LogP contribution in [0.4, 0.5) is 0 Å². The fraction of sp³-hybridized carbons (Fsp3) is 0.818. The van der Waals surface area contributed by atoms with Gasteiger partial charge in [-0.2, -0.15) is 0 Å². The van der Waals surface area contributed by atoms with E-state index in [4.69, 9.17) is 4.65 Å². The van der Waals surface area contributed by atoms with Crippen LogP contribution in [0.5, 0.6) is 0 Å². The second kappa shape index (κ2) is 4.50. The van der Waals surface area contributed by atoms with Gasteiger partial charge in [-0.05, 0) is 48.5 Å². The molecule has 0 aliphatic carbocycles. The van der Waals surface area contributed by atoms with Crippen LogP contribution in [-0.2, 0) is 4.65 Å². The Bertz CT molecular complexity index is 220. The zero-order chi connectivity index (χ0) is 11.6. The molecule has 0 atom stereocenters. The summed E-state index contributed by atoms with van der Waals surface area (Å²) >= 11 is 0. The molecule has 1 N–H and O–H groups in total. The van der Waals surface area contributed by atoms with Crippen LogP contribution in [0.3, 0.4) is 0 Å². The molecule has 0 aromatic heterocycles. The molecule has 0 unspecified atom stereocenters. The topological polar surface area (TPSA) is 29.5 Å². The Kier molecular flexibility index (Phi) is 4.41. The molecule has 0 aliphatic heterocycles. The molecule has 0 aromatic rings. The van der Waals surface area contributed by atoms with Gasteiger partial charge in [-0.1, -0.05) is 11.0 Å². The van der Waals surface area contributed by atoms with E-state index in [1.165, 1.54) is 5.57 Å². The SMILES string of the molecule is CC(C)=C(C)[B]OC(C)(C)C(C)(C)O. The molecular weight excluding hydrogens is 175 g/mol. The standard InChI is InChI=1S/C11H22BO2/c1-8(2)9(3)12-14-11(6,7)10(4,5)13/h13H,1-7H3. The number of allylic oxidation sites excluding steroid dienone is 2. The number of rotatable bonds is 4. The molecule has 0 aromatic carbocycles. The Morgan fingerprint density at radius 2 is 1.50 bits per heavy atom. The number of hydrogen-bond donors (Lipinski definition) is 1. The van der Waals surface area contributed by atoms with E-state index in [2.05, 4.69) is 0 Å². The van der Waals surface area contributed by atoms with Gasteiger partial charge in [-0.25, -0.2) is 0 Å². The van der Waals surface area contributed by atoms with Crippen LogP contribution in [0, 0.1) is 0 Å². The lowest BCUT2D eigenvalue weighted by atomic mass is 9.81. The van der Waals surface area contributed by atoms with E-state index in [-0.39, 0.29) is 0 Å². The van der Waals surface area contributed by atoms with Crippen molar-refractivity contribution >= 4 is 7.48 Å². The van der Waals surface area contributed by atoms with Gasteiger partial charge >= 0.3 is 7.48 Å². The Balaban J connectivity index is 4.35. The van der Waals surface area contributed by atoms with Gasteiger partial charge in [0.2, 0.25) is 0 Å². The van der Waals surface area contributed by atoms with Crippen LogP contribution in [0.25, 0.3) is 0 Å². The smallest absolute Gasteiger partial charge is 0.326 e. The predicted molar refractivity (Wildman–Crippen MR) is 61.3 cm³/mol. The second-order valence-corrected chi connectivity index (χ2v) is 4.99. The minimum Gasteiger partial charge on any atom is -0.427 e. The minimum atomic E-state index is -0.856. The molecule has 1 radical (unpaired) electrons. The van der Waals surface area contributed by atoms with Crippen LogP contribution in [0.15, 0.2) is 11.0 Å². The molecule has 0 bridgehead atoms. The van der Waals surface area contributed by atoms with E-state index in [0.29, 0.717) is 0 Å². The third-order valence-corrected chi connectivity index (χ3v) is 2.79. The maximum absolute atomic E-state index is 9.84. The fourth-order valence-electron chi connectivity index (χ4n) is 0.498. The van der Waals surface area contributed by atoms with E-state index < -0.39 is 11.2 Å². The van der Waals surface area contributed by atoms with Crippen molar-refractivity contribution in [3.8, 4) is 0 Å². The van der Waals surface area contributed by atoms with Gasteiger partial charge in [0.25, 0.3) is 0 Å². The van der Waals surface area contributed by atoms with E-state index in [1.807, 2.05) is 34.6 Å². The van der Waals surface area contributed by atoms with Gasteiger partial charge in [0.05, 0.1) is 11.2 Å². The monoisotopic (exact) mass is 197 g/mol. The summed E-state index contributed by atoms with van der Waals surface area (Å²) in [6.07, 6.45) is 0. The highest BCUT2D eigenvalue weighted by molar-refractivity contribution is 6.38. The van der Waals surface area contributed by atoms with Crippen molar-refractivity contribution in [1.29, 1.82) is 0 Å². The van der Waals surface area contributed by atoms with Crippen LogP contribution in [0.1, 0.15) is 48.5 Å². The lowest BCUT2D eigenvalue weighted by Crippen LogP contribution is -2.48. The summed E-state index contributed by atoms with van der Waals surface area (Å²) in [5.41, 5.74) is 0.883. The molecule has 0 spiro atoms. The summed E-state index contributed by atoms with van der Waals surface area (Å²) < 4.78 is 5.58. The van der Waals surface area contributed by atoms with Gasteiger partial charge in [-0.15, -0.1) is 0 Å². The summed E-state index contributed by atoms with van der Waals surface area (Å²) in [6, 6.07) is 0. The first kappa shape index (κ1) is 13.7. The van der Waals surface area contributed by atoms with Crippen LogP contribution in [0.2, 0.25) is 0 Å². The van der Waals surface area contributed by atoms with E-state index in [9.17, 15) is 5.11 Å². The number of aliphatic hydroxyl groups is 1. The van der Waals surface area contributed by atoms with Crippen molar-refractivity contribution < 1.29 is 9.76 Å². The molecule has 0 saturated heterocycles. The molecule has 3 heteroatoms. The van der Waals surface area contributed by atoms with Gasteiger partial charge in [0.1, 0.15) is 0 Å². The van der Waals surface area contributed by atoms with E-state index in [1.54, 1.807) is 21.3 Å². The molecule has 0 heterocycles. The zero-order valence-corrected chi connectivity index (χ0v) is 10.4. The molecule has 0 saturated carbocycles. The maximum atomic E-state index is 9.84. The molecule has 0 amide bonds. The van der Waals surface area contributed by atoms with Crippen molar-refractivity contribution in [2.75, 3.05) is 0 Å². The Hall–Kier alpha value is -0.275. The van der Waals surface area contributed by atoms with Crippen molar-refractivity contribution in [3.05, 3.63) is 11.0 Å². The fourth-order valence-corrected chi connectivity index (χ4v) is 0.498. The summed E-state index contributed by atoms with van der Waals surface area (Å²) in [7, 11) is 1.72. The first-order valence-corrected chi connectivity index (χ1v) is 4.95. The quantitative estimate of drug-likeness (QED) is 0.701. The lowest BCUT2D eigenvalue weighted by molar-refractivity contribution is -0.0897. The lowest BCUT2D eigenvalue weighted by Gasteiger charge is -2.37. The third-order valence-electron chi connectivity index (χ3n) is 2.79. The Labute approximate surface area is 88.6 Å². The molecule has 2 nitrogen and oxygen atoms in total. The zero-order valence-electron chi connectivity index (χ0n) is 10.4. The molecule has 0 rings (SSSR count). The highest BCUT2D eigenvalue weighted by atomic mass is 16.5. The van der Waals surface area contributed by atoms with Crippen molar-refractivity contribution in [2.24, 2.45) is 0 Å². The normalized spacial score (nSPS) is 12.6. The average Bonchev–Trinajstić information content (AvgIpc) is 1.97.